The van der Waals surface area contributed by atoms with E-state index in [2.05, 4.69) is 0 Å². The minimum Gasteiger partial charge on any atom is -0.309 e. The van der Waals surface area contributed by atoms with Gasteiger partial charge >= 0.3 is 0 Å². The largest absolute Gasteiger partial charge is 0.309 e. The lowest BCUT2D eigenvalue weighted by atomic mass is 10.2. The van der Waals surface area contributed by atoms with Crippen molar-refractivity contribution in [2.45, 2.75) is 17.7 Å². The van der Waals surface area contributed by atoms with Crippen LogP contribution in [0.2, 0.25) is 0 Å². The van der Waals surface area contributed by atoms with Crippen LogP contribution in [-0.2, 0) is 10.0 Å². The molecule has 0 saturated carbocycles. The predicted molar refractivity (Wildman–Crippen MR) is 96.3 cm³/mol. The van der Waals surface area contributed by atoms with E-state index in [9.17, 15) is 8.42 Å². The zero-order valence-corrected chi connectivity index (χ0v) is 15.9. The number of hydrogen-bond donors (Lipinski definition) is 0. The fraction of sp³-hybridized carbons (Fsp3) is 0.588. The second-order valence-electron chi connectivity index (χ2n) is 6.36. The Morgan fingerprint density at radius 2 is 1.50 bits per heavy atom. The molecule has 24 heavy (non-hydrogen) atoms. The van der Waals surface area contributed by atoms with Crippen molar-refractivity contribution < 1.29 is 8.42 Å². The predicted octanol–water partition coefficient (Wildman–Crippen LogP) is 1.45. The SMILES string of the molecule is CN(C)CCCN(CCCN(C)C)S(=O)(=O)c1cccc(C#N)c1. The maximum atomic E-state index is 12.9. The van der Waals surface area contributed by atoms with Gasteiger partial charge in [-0.1, -0.05) is 6.07 Å². The van der Waals surface area contributed by atoms with Crippen LogP contribution in [0.25, 0.3) is 0 Å². The highest BCUT2D eigenvalue weighted by Crippen LogP contribution is 2.18. The van der Waals surface area contributed by atoms with Crippen molar-refractivity contribution in [1.82, 2.24) is 14.1 Å². The molecule has 1 aromatic rings. The molecule has 134 valence electrons. The van der Waals surface area contributed by atoms with Crippen molar-refractivity contribution >= 4 is 10.0 Å². The number of sulfonamides is 1. The van der Waals surface area contributed by atoms with E-state index in [-0.39, 0.29) is 4.90 Å². The summed E-state index contributed by atoms with van der Waals surface area (Å²) in [5.74, 6) is 0. The van der Waals surface area contributed by atoms with Gasteiger partial charge in [-0.3, -0.25) is 0 Å². The van der Waals surface area contributed by atoms with Crippen molar-refractivity contribution in [2.75, 3.05) is 54.4 Å². The van der Waals surface area contributed by atoms with Gasteiger partial charge in [0.2, 0.25) is 10.0 Å². The molecule has 0 radical (unpaired) electrons. The van der Waals surface area contributed by atoms with E-state index in [0.29, 0.717) is 18.7 Å². The van der Waals surface area contributed by atoms with Gasteiger partial charge in [-0.15, -0.1) is 0 Å². The summed E-state index contributed by atoms with van der Waals surface area (Å²) in [7, 11) is 4.31. The monoisotopic (exact) mass is 352 g/mol. The second kappa shape index (κ2) is 9.74. The van der Waals surface area contributed by atoms with Gasteiger partial charge in [-0.2, -0.15) is 9.57 Å². The normalized spacial score (nSPS) is 12.1. The van der Waals surface area contributed by atoms with Gasteiger partial charge in [-0.25, -0.2) is 8.42 Å². The molecule has 0 unspecified atom stereocenters. The summed E-state index contributed by atoms with van der Waals surface area (Å²) < 4.78 is 27.4. The summed E-state index contributed by atoms with van der Waals surface area (Å²) in [4.78, 5) is 4.28. The van der Waals surface area contributed by atoms with E-state index in [1.807, 2.05) is 44.1 Å². The van der Waals surface area contributed by atoms with Crippen LogP contribution in [0, 0.1) is 11.3 Å². The molecule has 0 amide bonds. The third-order valence-electron chi connectivity index (χ3n) is 3.63. The molecule has 0 fully saturated rings. The van der Waals surface area contributed by atoms with Crippen molar-refractivity contribution in [3.8, 4) is 6.07 Å². The fourth-order valence-corrected chi connectivity index (χ4v) is 3.92. The van der Waals surface area contributed by atoms with Crippen molar-refractivity contribution in [3.63, 3.8) is 0 Å². The van der Waals surface area contributed by atoms with E-state index in [1.54, 1.807) is 18.2 Å². The number of hydrogen-bond acceptors (Lipinski definition) is 5. The van der Waals surface area contributed by atoms with Gasteiger partial charge in [0, 0.05) is 13.1 Å². The molecular weight excluding hydrogens is 324 g/mol. The molecular formula is C17H28N4O2S. The maximum Gasteiger partial charge on any atom is 0.243 e. The first-order valence-corrected chi connectivity index (χ1v) is 9.51. The van der Waals surface area contributed by atoms with E-state index >= 15 is 0 Å². The van der Waals surface area contributed by atoms with Gasteiger partial charge in [0.05, 0.1) is 16.5 Å². The van der Waals surface area contributed by atoms with E-state index in [4.69, 9.17) is 5.26 Å². The van der Waals surface area contributed by atoms with E-state index < -0.39 is 10.0 Å². The molecule has 7 heteroatoms. The summed E-state index contributed by atoms with van der Waals surface area (Å²) in [5, 5.41) is 9.00. The Morgan fingerprint density at radius 3 is 1.96 bits per heavy atom. The summed E-state index contributed by atoms with van der Waals surface area (Å²) in [6, 6.07) is 8.23. The quantitative estimate of drug-likeness (QED) is 0.638. The summed E-state index contributed by atoms with van der Waals surface area (Å²) in [5.41, 5.74) is 0.359. The number of nitrogens with zero attached hydrogens (tertiary/aromatic N) is 4. The molecule has 0 heterocycles. The smallest absolute Gasteiger partial charge is 0.243 e. The standard InChI is InChI=1S/C17H28N4O2S/c1-19(2)10-6-12-21(13-7-11-20(3)4)24(22,23)17-9-5-8-16(14-17)15-18/h5,8-9,14H,6-7,10-13H2,1-4H3. The minimum absolute atomic E-state index is 0.191. The first kappa shape index (κ1) is 20.6. The lowest BCUT2D eigenvalue weighted by Gasteiger charge is -2.24. The van der Waals surface area contributed by atoms with Crippen molar-refractivity contribution in [3.05, 3.63) is 29.8 Å². The highest BCUT2D eigenvalue weighted by atomic mass is 32.2. The number of rotatable bonds is 10. The average Bonchev–Trinajstić information content (AvgIpc) is 2.52. The zero-order valence-electron chi connectivity index (χ0n) is 15.1. The Balaban J connectivity index is 2.94. The molecule has 0 spiro atoms. The Bertz CT molecular complexity index is 637. The molecule has 0 aromatic heterocycles. The van der Waals surface area contributed by atoms with Crippen LogP contribution < -0.4 is 0 Å². The first-order chi connectivity index (χ1) is 11.3. The molecule has 1 rings (SSSR count). The summed E-state index contributed by atoms with van der Waals surface area (Å²) >= 11 is 0. The van der Waals surface area contributed by atoms with Crippen LogP contribution in [0.15, 0.2) is 29.2 Å². The zero-order chi connectivity index (χ0) is 18.2. The van der Waals surface area contributed by atoms with Crippen LogP contribution in [0.5, 0.6) is 0 Å². The molecule has 0 aliphatic rings. The van der Waals surface area contributed by atoms with Crippen molar-refractivity contribution in [1.29, 1.82) is 5.26 Å². The number of nitriles is 1. The molecule has 0 atom stereocenters. The second-order valence-corrected chi connectivity index (χ2v) is 8.30. The molecule has 0 bridgehead atoms. The van der Waals surface area contributed by atoms with Crippen LogP contribution in [0.1, 0.15) is 18.4 Å². The molecule has 6 nitrogen and oxygen atoms in total. The van der Waals surface area contributed by atoms with Crippen LogP contribution in [0.3, 0.4) is 0 Å². The topological polar surface area (TPSA) is 67.7 Å². The highest BCUT2D eigenvalue weighted by molar-refractivity contribution is 7.89. The van der Waals surface area contributed by atoms with Gasteiger partial charge < -0.3 is 9.80 Å². The molecule has 0 aliphatic heterocycles. The van der Waals surface area contributed by atoms with Crippen LogP contribution in [0.4, 0.5) is 0 Å². The van der Waals surface area contributed by atoms with Crippen LogP contribution >= 0.6 is 0 Å². The number of benzene rings is 1. The first-order valence-electron chi connectivity index (χ1n) is 8.07. The lowest BCUT2D eigenvalue weighted by molar-refractivity contribution is 0.326. The highest BCUT2D eigenvalue weighted by Gasteiger charge is 2.24. The minimum atomic E-state index is -3.58. The molecule has 0 aliphatic carbocycles. The third kappa shape index (κ3) is 6.57. The summed E-state index contributed by atoms with van der Waals surface area (Å²) in [6.45, 7) is 2.62. The van der Waals surface area contributed by atoms with Gasteiger partial charge in [-0.05, 0) is 72.3 Å². The van der Waals surface area contributed by atoms with Gasteiger partial charge in [0.1, 0.15) is 0 Å². The summed E-state index contributed by atoms with van der Waals surface area (Å²) in [6.07, 6.45) is 1.54. The fourth-order valence-electron chi connectivity index (χ4n) is 2.35. The Kier molecular flexibility index (Phi) is 8.36. The Hall–Kier alpha value is -1.46. The molecule has 0 N–H and O–H groups in total. The van der Waals surface area contributed by atoms with E-state index in [0.717, 1.165) is 25.9 Å². The Labute approximate surface area is 146 Å². The van der Waals surface area contributed by atoms with E-state index in [1.165, 1.54) is 10.4 Å². The van der Waals surface area contributed by atoms with Crippen molar-refractivity contribution in [2.24, 2.45) is 0 Å². The average molecular weight is 353 g/mol. The maximum absolute atomic E-state index is 12.9. The lowest BCUT2D eigenvalue weighted by Crippen LogP contribution is -2.35. The Morgan fingerprint density at radius 1 is 0.958 bits per heavy atom. The van der Waals surface area contributed by atoms with Crippen LogP contribution in [-0.4, -0.2) is 76.9 Å². The van der Waals surface area contributed by atoms with Gasteiger partial charge in [0.15, 0.2) is 0 Å². The molecule has 0 saturated heterocycles. The van der Waals surface area contributed by atoms with Gasteiger partial charge in [0.25, 0.3) is 0 Å². The molecule has 1 aromatic carbocycles. The third-order valence-corrected chi connectivity index (χ3v) is 5.52.